The van der Waals surface area contributed by atoms with Gasteiger partial charge in [-0.15, -0.1) is 0 Å². The maximum Gasteiger partial charge on any atom is 0.225 e. The molecule has 1 aliphatic heterocycles. The van der Waals surface area contributed by atoms with Crippen LogP contribution in [0.2, 0.25) is 0 Å². The summed E-state index contributed by atoms with van der Waals surface area (Å²) in [6, 6.07) is 0. The van der Waals surface area contributed by atoms with Crippen LogP contribution in [0, 0.1) is 5.92 Å². The lowest BCUT2D eigenvalue weighted by atomic mass is 9.94. The lowest BCUT2D eigenvalue weighted by Gasteiger charge is -2.31. The summed E-state index contributed by atoms with van der Waals surface area (Å²) in [6.07, 6.45) is 6.83. The minimum absolute atomic E-state index is 0.300. The molecule has 0 atom stereocenters. The van der Waals surface area contributed by atoms with Gasteiger partial charge in [-0.1, -0.05) is 6.58 Å². The van der Waals surface area contributed by atoms with Gasteiger partial charge >= 0.3 is 0 Å². The summed E-state index contributed by atoms with van der Waals surface area (Å²) in [5.74, 6) is 1.46. The van der Waals surface area contributed by atoms with E-state index in [1.807, 2.05) is 19.3 Å². The molecule has 0 aromatic carbocycles. The summed E-state index contributed by atoms with van der Waals surface area (Å²) in [4.78, 5) is 11.0. The van der Waals surface area contributed by atoms with Crippen molar-refractivity contribution in [1.29, 1.82) is 0 Å². The SMILES string of the molecule is C=C(C)c1cnc(N2CCC(CCO)CC2)nc1. The first-order chi connectivity index (χ1) is 8.70. The van der Waals surface area contributed by atoms with Crippen LogP contribution in [-0.2, 0) is 0 Å². The third-order valence-corrected chi connectivity index (χ3v) is 3.57. The first kappa shape index (κ1) is 13.0. The summed E-state index contributed by atoms with van der Waals surface area (Å²) >= 11 is 0. The predicted molar refractivity (Wildman–Crippen MR) is 73.4 cm³/mol. The van der Waals surface area contributed by atoms with E-state index in [1.165, 1.54) is 0 Å². The Morgan fingerprint density at radius 3 is 2.50 bits per heavy atom. The van der Waals surface area contributed by atoms with Crippen molar-refractivity contribution in [3.05, 3.63) is 24.5 Å². The number of rotatable bonds is 4. The van der Waals surface area contributed by atoms with Crippen molar-refractivity contribution < 1.29 is 5.11 Å². The molecule has 4 nitrogen and oxygen atoms in total. The van der Waals surface area contributed by atoms with Gasteiger partial charge in [0.05, 0.1) is 0 Å². The van der Waals surface area contributed by atoms with Crippen molar-refractivity contribution in [3.63, 3.8) is 0 Å². The van der Waals surface area contributed by atoms with Crippen LogP contribution in [0.25, 0.3) is 5.57 Å². The van der Waals surface area contributed by atoms with E-state index in [-0.39, 0.29) is 0 Å². The van der Waals surface area contributed by atoms with Gasteiger partial charge in [-0.05, 0) is 37.7 Å². The summed E-state index contributed by atoms with van der Waals surface area (Å²) in [5.41, 5.74) is 1.98. The summed E-state index contributed by atoms with van der Waals surface area (Å²) in [7, 11) is 0. The molecule has 0 unspecified atom stereocenters. The number of aromatic nitrogens is 2. The van der Waals surface area contributed by atoms with Crippen LogP contribution in [0.3, 0.4) is 0 Å². The topological polar surface area (TPSA) is 49.2 Å². The van der Waals surface area contributed by atoms with Crippen LogP contribution in [0.1, 0.15) is 31.7 Å². The number of aliphatic hydroxyl groups is 1. The van der Waals surface area contributed by atoms with Crippen molar-refractivity contribution in [3.8, 4) is 0 Å². The Hall–Kier alpha value is -1.42. The van der Waals surface area contributed by atoms with E-state index < -0.39 is 0 Å². The summed E-state index contributed by atoms with van der Waals surface area (Å²) < 4.78 is 0. The smallest absolute Gasteiger partial charge is 0.225 e. The molecule has 0 radical (unpaired) electrons. The van der Waals surface area contributed by atoms with Crippen molar-refractivity contribution >= 4 is 11.5 Å². The van der Waals surface area contributed by atoms with Gasteiger partial charge in [0.1, 0.15) is 0 Å². The van der Waals surface area contributed by atoms with Gasteiger partial charge in [-0.25, -0.2) is 9.97 Å². The monoisotopic (exact) mass is 247 g/mol. The molecule has 0 aliphatic carbocycles. The second kappa shape index (κ2) is 5.96. The molecule has 0 spiro atoms. The second-order valence-electron chi connectivity index (χ2n) is 4.99. The van der Waals surface area contributed by atoms with Crippen LogP contribution in [0.5, 0.6) is 0 Å². The summed E-state index contributed by atoms with van der Waals surface area (Å²) in [5, 5.41) is 8.94. The van der Waals surface area contributed by atoms with E-state index >= 15 is 0 Å². The molecule has 1 aromatic rings. The Morgan fingerprint density at radius 1 is 1.39 bits per heavy atom. The maximum atomic E-state index is 8.94. The Kier molecular flexibility index (Phi) is 4.31. The standard InChI is InChI=1S/C14H21N3O/c1-11(2)13-9-15-14(16-10-13)17-6-3-12(4-7-17)5-8-18/h9-10,12,18H,1,3-8H2,2H3. The van der Waals surface area contributed by atoms with E-state index in [2.05, 4.69) is 21.4 Å². The van der Waals surface area contributed by atoms with Gasteiger partial charge in [0.25, 0.3) is 0 Å². The van der Waals surface area contributed by atoms with Crippen LogP contribution in [-0.4, -0.2) is 34.8 Å². The van der Waals surface area contributed by atoms with E-state index in [9.17, 15) is 0 Å². The quantitative estimate of drug-likeness (QED) is 0.885. The minimum atomic E-state index is 0.300. The zero-order valence-corrected chi connectivity index (χ0v) is 11.0. The lowest BCUT2D eigenvalue weighted by Crippen LogP contribution is -2.35. The molecule has 1 fully saturated rings. The van der Waals surface area contributed by atoms with Crippen molar-refractivity contribution in [1.82, 2.24) is 9.97 Å². The molecule has 0 saturated carbocycles. The molecular formula is C14H21N3O. The highest BCUT2D eigenvalue weighted by Gasteiger charge is 2.20. The zero-order chi connectivity index (χ0) is 13.0. The molecular weight excluding hydrogens is 226 g/mol. The van der Waals surface area contributed by atoms with Crippen LogP contribution in [0.4, 0.5) is 5.95 Å². The number of piperidine rings is 1. The lowest BCUT2D eigenvalue weighted by molar-refractivity contribution is 0.240. The molecule has 2 rings (SSSR count). The van der Waals surface area contributed by atoms with Gasteiger partial charge in [0.2, 0.25) is 5.95 Å². The van der Waals surface area contributed by atoms with Gasteiger partial charge in [-0.3, -0.25) is 0 Å². The molecule has 0 bridgehead atoms. The molecule has 4 heteroatoms. The van der Waals surface area contributed by atoms with E-state index in [4.69, 9.17) is 5.11 Å². The van der Waals surface area contributed by atoms with Gasteiger partial charge < -0.3 is 10.0 Å². The van der Waals surface area contributed by atoms with Crippen molar-refractivity contribution in [2.45, 2.75) is 26.2 Å². The maximum absolute atomic E-state index is 8.94. The zero-order valence-electron chi connectivity index (χ0n) is 11.0. The highest BCUT2D eigenvalue weighted by atomic mass is 16.3. The molecule has 1 N–H and O–H groups in total. The Labute approximate surface area is 108 Å². The number of hydrogen-bond acceptors (Lipinski definition) is 4. The van der Waals surface area contributed by atoms with Crippen LogP contribution >= 0.6 is 0 Å². The normalized spacial score (nSPS) is 16.9. The predicted octanol–water partition coefficient (Wildman–Crippen LogP) is 2.11. The fourth-order valence-corrected chi connectivity index (χ4v) is 2.31. The molecule has 2 heterocycles. The third-order valence-electron chi connectivity index (χ3n) is 3.57. The molecule has 18 heavy (non-hydrogen) atoms. The van der Waals surface area contributed by atoms with Gasteiger partial charge in [-0.2, -0.15) is 0 Å². The number of aliphatic hydroxyl groups excluding tert-OH is 1. The average molecular weight is 247 g/mol. The molecule has 1 aliphatic rings. The number of anilines is 1. The number of allylic oxidation sites excluding steroid dienone is 1. The van der Waals surface area contributed by atoms with Crippen LogP contribution < -0.4 is 4.90 Å². The fraction of sp³-hybridized carbons (Fsp3) is 0.571. The number of nitrogens with zero attached hydrogens (tertiary/aromatic N) is 3. The first-order valence-corrected chi connectivity index (χ1v) is 6.54. The Morgan fingerprint density at radius 2 is 2.00 bits per heavy atom. The number of hydrogen-bond donors (Lipinski definition) is 1. The summed E-state index contributed by atoms with van der Waals surface area (Å²) in [6.45, 7) is 8.10. The third kappa shape index (κ3) is 3.07. The molecule has 0 amide bonds. The van der Waals surface area contributed by atoms with Gasteiger partial charge in [0, 0.05) is 37.7 Å². The molecule has 1 aromatic heterocycles. The Bertz CT molecular complexity index is 394. The highest BCUT2D eigenvalue weighted by molar-refractivity contribution is 5.59. The van der Waals surface area contributed by atoms with Gasteiger partial charge in [0.15, 0.2) is 0 Å². The largest absolute Gasteiger partial charge is 0.396 e. The fourth-order valence-electron chi connectivity index (χ4n) is 2.31. The van der Waals surface area contributed by atoms with Crippen molar-refractivity contribution in [2.24, 2.45) is 5.92 Å². The van der Waals surface area contributed by atoms with E-state index in [1.54, 1.807) is 0 Å². The highest BCUT2D eigenvalue weighted by Crippen LogP contribution is 2.23. The second-order valence-corrected chi connectivity index (χ2v) is 4.99. The van der Waals surface area contributed by atoms with Crippen LogP contribution in [0.15, 0.2) is 19.0 Å². The molecule has 98 valence electrons. The van der Waals surface area contributed by atoms with E-state index in [0.717, 1.165) is 49.4 Å². The average Bonchev–Trinajstić information content (AvgIpc) is 2.40. The van der Waals surface area contributed by atoms with Crippen molar-refractivity contribution in [2.75, 3.05) is 24.6 Å². The minimum Gasteiger partial charge on any atom is -0.396 e. The first-order valence-electron chi connectivity index (χ1n) is 6.54. The Balaban J connectivity index is 1.95. The van der Waals surface area contributed by atoms with E-state index in [0.29, 0.717) is 12.5 Å². The molecule has 1 saturated heterocycles.